The van der Waals surface area contributed by atoms with Crippen molar-refractivity contribution in [2.24, 2.45) is 5.73 Å². The van der Waals surface area contributed by atoms with Crippen LogP contribution in [0.1, 0.15) is 12.0 Å². The van der Waals surface area contributed by atoms with Gasteiger partial charge in [0.25, 0.3) is 6.01 Å². The molecule has 13 heteroatoms. The maximum Gasteiger partial charge on any atom is 0.296 e. The zero-order valence-corrected chi connectivity index (χ0v) is 19.1. The van der Waals surface area contributed by atoms with Gasteiger partial charge in [0.05, 0.1) is 30.4 Å². The molecule has 2 aromatic heterocycles. The van der Waals surface area contributed by atoms with E-state index in [9.17, 15) is 13.6 Å². The molecule has 0 saturated carbocycles. The Labute approximate surface area is 203 Å². The number of pyridine rings is 1. The lowest BCUT2D eigenvalue weighted by Gasteiger charge is -2.16. The average Bonchev–Trinajstić information content (AvgIpc) is 3.50. The van der Waals surface area contributed by atoms with Gasteiger partial charge in [0.15, 0.2) is 11.8 Å². The first-order chi connectivity index (χ1) is 16.9. The Kier molecular flexibility index (Phi) is 6.69. The van der Waals surface area contributed by atoms with Crippen LogP contribution in [0.15, 0.2) is 24.3 Å². The van der Waals surface area contributed by atoms with Gasteiger partial charge in [-0.2, -0.15) is 4.98 Å². The number of halogens is 3. The number of benzene rings is 1. The van der Waals surface area contributed by atoms with E-state index in [4.69, 9.17) is 36.3 Å². The normalized spacial score (nSPS) is 23.5. The van der Waals surface area contributed by atoms with Crippen molar-refractivity contribution in [1.29, 1.82) is 0 Å². The lowest BCUT2D eigenvalue weighted by molar-refractivity contribution is -0.120. The van der Waals surface area contributed by atoms with Crippen molar-refractivity contribution in [2.75, 3.05) is 25.1 Å². The first kappa shape index (κ1) is 23.7. The fourth-order valence-corrected chi connectivity index (χ4v) is 4.29. The quantitative estimate of drug-likeness (QED) is 0.400. The van der Waals surface area contributed by atoms with Crippen LogP contribution in [0.3, 0.4) is 0 Å². The molecule has 1 amide bonds. The van der Waals surface area contributed by atoms with Gasteiger partial charge in [0, 0.05) is 18.5 Å². The van der Waals surface area contributed by atoms with Gasteiger partial charge in [0.2, 0.25) is 5.91 Å². The number of imidazole rings is 1. The molecule has 4 heterocycles. The number of H-pyrrole nitrogens is 1. The first-order valence-electron chi connectivity index (χ1n) is 10.9. The van der Waals surface area contributed by atoms with Crippen LogP contribution in [0.25, 0.3) is 11.2 Å². The fourth-order valence-electron chi connectivity index (χ4n) is 4.08. The third kappa shape index (κ3) is 5.01. The Morgan fingerprint density at radius 1 is 1.20 bits per heavy atom. The Balaban J connectivity index is 1.24. The molecule has 5 rings (SSSR count). The number of aromatic amines is 1. The number of nitrogens with zero attached hydrogens (tertiary/aromatic N) is 2. The van der Waals surface area contributed by atoms with Gasteiger partial charge >= 0.3 is 0 Å². The Hall–Kier alpha value is -3.06. The van der Waals surface area contributed by atoms with Gasteiger partial charge in [-0.3, -0.25) is 4.79 Å². The summed E-state index contributed by atoms with van der Waals surface area (Å²) in [5.41, 5.74) is 5.83. The zero-order valence-electron chi connectivity index (χ0n) is 18.3. The van der Waals surface area contributed by atoms with Crippen molar-refractivity contribution < 1.29 is 32.5 Å². The molecule has 10 nitrogen and oxygen atoms in total. The van der Waals surface area contributed by atoms with E-state index in [2.05, 4.69) is 20.3 Å². The highest BCUT2D eigenvalue weighted by molar-refractivity contribution is 6.33. The number of carbonyl (C=O) groups is 1. The largest absolute Gasteiger partial charge is 0.456 e. The standard InChI is InChI=1S/C22H22ClF2N5O5/c23-11-6-14-21(29-20(11)27-7-10-12(24)2-1-3-13(10)25)30-22(28-14)35-16-9-34-18-15(8-33-19(16)18)32-5-4-17(26)31/h1-3,6,15-16,18-19H,4-5,7-9H2,(H2,26,31)(H2,27,28,29,30)/t15-,16-,18-,19-/m1/s1. The Morgan fingerprint density at radius 3 is 2.66 bits per heavy atom. The zero-order chi connectivity index (χ0) is 24.5. The van der Waals surface area contributed by atoms with Crippen molar-refractivity contribution in [3.05, 3.63) is 46.5 Å². The number of hydrogen-bond donors (Lipinski definition) is 3. The van der Waals surface area contributed by atoms with Crippen molar-refractivity contribution in [3.63, 3.8) is 0 Å². The highest BCUT2D eigenvalue weighted by atomic mass is 35.5. The lowest BCUT2D eigenvalue weighted by Crippen LogP contribution is -2.36. The molecule has 4 N–H and O–H groups in total. The summed E-state index contributed by atoms with van der Waals surface area (Å²) in [7, 11) is 0. The number of ether oxygens (including phenoxy) is 4. The number of nitrogens with two attached hydrogens (primary N) is 1. The van der Waals surface area contributed by atoms with Gasteiger partial charge in [-0.05, 0) is 18.2 Å². The SMILES string of the molecule is NC(=O)CCO[C@@H]1CO[C@H]2[C@@H]1OC[C@H]2Oc1nc2nc(NCc3c(F)cccc3F)c(Cl)cc2[nH]1. The van der Waals surface area contributed by atoms with Crippen LogP contribution in [0, 0.1) is 11.6 Å². The average molecular weight is 510 g/mol. The van der Waals surface area contributed by atoms with Gasteiger partial charge in [-0.15, -0.1) is 0 Å². The number of rotatable bonds is 9. The molecule has 35 heavy (non-hydrogen) atoms. The molecule has 0 spiro atoms. The predicted molar refractivity (Wildman–Crippen MR) is 120 cm³/mol. The number of hydrogen-bond acceptors (Lipinski definition) is 8. The number of amides is 1. The number of primary amides is 1. The van der Waals surface area contributed by atoms with E-state index in [0.29, 0.717) is 17.8 Å². The van der Waals surface area contributed by atoms with Gasteiger partial charge in [-0.1, -0.05) is 17.7 Å². The van der Waals surface area contributed by atoms with Crippen molar-refractivity contribution in [2.45, 2.75) is 37.4 Å². The second kappa shape index (κ2) is 9.90. The minimum Gasteiger partial charge on any atom is -0.456 e. The Bertz CT molecular complexity index is 1220. The highest BCUT2D eigenvalue weighted by Crippen LogP contribution is 2.32. The highest BCUT2D eigenvalue weighted by Gasteiger charge is 2.49. The fraction of sp³-hybridized carbons (Fsp3) is 0.409. The predicted octanol–water partition coefficient (Wildman–Crippen LogP) is 2.31. The van der Waals surface area contributed by atoms with Crippen LogP contribution in [-0.2, 0) is 25.5 Å². The number of fused-ring (bicyclic) bond motifs is 2. The summed E-state index contributed by atoms with van der Waals surface area (Å²) < 4.78 is 51.0. The lowest BCUT2D eigenvalue weighted by atomic mass is 10.1. The molecule has 1 aromatic carbocycles. The number of aromatic nitrogens is 3. The molecular weight excluding hydrogens is 488 g/mol. The molecule has 2 aliphatic heterocycles. The second-order valence-electron chi connectivity index (χ2n) is 8.16. The monoisotopic (exact) mass is 509 g/mol. The minimum atomic E-state index is -0.670. The maximum atomic E-state index is 13.9. The van der Waals surface area contributed by atoms with Crippen molar-refractivity contribution >= 4 is 34.5 Å². The summed E-state index contributed by atoms with van der Waals surface area (Å²) in [4.78, 5) is 22.6. The summed E-state index contributed by atoms with van der Waals surface area (Å²) in [5.74, 6) is -1.56. The molecule has 0 aliphatic carbocycles. The topological polar surface area (TPSA) is 134 Å². The maximum absolute atomic E-state index is 13.9. The Morgan fingerprint density at radius 2 is 1.91 bits per heavy atom. The third-order valence-electron chi connectivity index (χ3n) is 5.81. The van der Waals surface area contributed by atoms with E-state index >= 15 is 0 Å². The third-order valence-corrected chi connectivity index (χ3v) is 6.09. The van der Waals surface area contributed by atoms with E-state index in [1.807, 2.05) is 0 Å². The molecule has 2 fully saturated rings. The van der Waals surface area contributed by atoms with Crippen molar-refractivity contribution in [1.82, 2.24) is 15.0 Å². The van der Waals surface area contributed by atoms with Gasteiger partial charge < -0.3 is 35.0 Å². The summed E-state index contributed by atoms with van der Waals surface area (Å²) in [5, 5.41) is 3.08. The molecular formula is C22H22ClF2N5O5. The number of carbonyl (C=O) groups excluding carboxylic acids is 1. The van der Waals surface area contributed by atoms with E-state index in [0.717, 1.165) is 0 Å². The van der Waals surface area contributed by atoms with E-state index in [1.54, 1.807) is 6.07 Å². The molecule has 0 radical (unpaired) electrons. The van der Waals surface area contributed by atoms with Crippen molar-refractivity contribution in [3.8, 4) is 6.01 Å². The minimum absolute atomic E-state index is 0.119. The van der Waals surface area contributed by atoms with Crippen LogP contribution in [0.4, 0.5) is 14.6 Å². The molecule has 3 aromatic rings. The smallest absolute Gasteiger partial charge is 0.296 e. The van der Waals surface area contributed by atoms with Crippen LogP contribution >= 0.6 is 11.6 Å². The van der Waals surface area contributed by atoms with E-state index in [-0.39, 0.29) is 66.9 Å². The first-order valence-corrected chi connectivity index (χ1v) is 11.3. The summed E-state index contributed by atoms with van der Waals surface area (Å²) >= 11 is 6.29. The summed E-state index contributed by atoms with van der Waals surface area (Å²) in [6.45, 7) is 0.616. The van der Waals surface area contributed by atoms with Crippen LogP contribution < -0.4 is 15.8 Å². The molecule has 186 valence electrons. The summed E-state index contributed by atoms with van der Waals surface area (Å²) in [6, 6.07) is 5.43. The second-order valence-corrected chi connectivity index (χ2v) is 8.57. The summed E-state index contributed by atoms with van der Waals surface area (Å²) in [6.07, 6.45) is -1.35. The molecule has 2 saturated heterocycles. The number of anilines is 1. The molecule has 0 unspecified atom stereocenters. The van der Waals surface area contributed by atoms with Gasteiger partial charge in [-0.25, -0.2) is 13.8 Å². The molecule has 4 atom stereocenters. The molecule has 0 bridgehead atoms. The van der Waals surface area contributed by atoms with E-state index < -0.39 is 23.6 Å². The van der Waals surface area contributed by atoms with Crippen LogP contribution in [-0.4, -0.2) is 65.1 Å². The molecule has 2 aliphatic rings. The number of nitrogens with one attached hydrogen (secondary N) is 2. The van der Waals surface area contributed by atoms with Gasteiger partial charge in [0.1, 0.15) is 35.8 Å². The van der Waals surface area contributed by atoms with E-state index in [1.165, 1.54) is 18.2 Å². The van der Waals surface area contributed by atoms with Crippen LogP contribution in [0.2, 0.25) is 5.02 Å². The van der Waals surface area contributed by atoms with Crippen LogP contribution in [0.5, 0.6) is 6.01 Å².